The van der Waals surface area contributed by atoms with E-state index in [4.69, 9.17) is 9.72 Å². The van der Waals surface area contributed by atoms with Gasteiger partial charge < -0.3 is 24.3 Å². The van der Waals surface area contributed by atoms with Crippen LogP contribution in [0.5, 0.6) is 5.75 Å². The molecule has 2 aliphatic heterocycles. The lowest BCUT2D eigenvalue weighted by Crippen LogP contribution is -2.50. The van der Waals surface area contributed by atoms with Gasteiger partial charge in [0.15, 0.2) is 6.61 Å². The van der Waals surface area contributed by atoms with Crippen LogP contribution in [0.3, 0.4) is 0 Å². The first-order valence-electron chi connectivity index (χ1n) is 13.4. The van der Waals surface area contributed by atoms with Gasteiger partial charge in [0.1, 0.15) is 17.1 Å². The largest absolute Gasteiger partial charge is 0.481 e. The highest BCUT2D eigenvalue weighted by atomic mass is 16.5. The van der Waals surface area contributed by atoms with Crippen molar-refractivity contribution in [1.82, 2.24) is 9.88 Å². The van der Waals surface area contributed by atoms with E-state index < -0.39 is 0 Å². The van der Waals surface area contributed by atoms with Crippen molar-refractivity contribution in [2.75, 3.05) is 73.7 Å². The van der Waals surface area contributed by atoms with Crippen molar-refractivity contribution in [2.24, 2.45) is 0 Å². The molecular weight excluding hydrogens is 474 g/mol. The number of pyridine rings is 1. The number of carbonyl (C=O) groups excluding carboxylic acids is 1. The lowest BCUT2D eigenvalue weighted by molar-refractivity contribution is -0.133. The van der Waals surface area contributed by atoms with Crippen LogP contribution in [0.2, 0.25) is 0 Å². The second-order valence-corrected chi connectivity index (χ2v) is 9.80. The molecule has 2 fully saturated rings. The Bertz CT molecular complexity index is 1370. The zero-order valence-corrected chi connectivity index (χ0v) is 21.6. The number of aromatic nitrogens is 1. The molecule has 0 N–H and O–H groups in total. The molecule has 1 aromatic heterocycles. The molecule has 0 bridgehead atoms. The average molecular weight is 508 g/mol. The molecule has 0 aliphatic carbocycles. The lowest BCUT2D eigenvalue weighted by Gasteiger charge is -2.36. The third-order valence-electron chi connectivity index (χ3n) is 7.50. The van der Waals surface area contributed by atoms with Gasteiger partial charge >= 0.3 is 0 Å². The molecule has 2 aliphatic rings. The van der Waals surface area contributed by atoms with Gasteiger partial charge in [0.2, 0.25) is 0 Å². The summed E-state index contributed by atoms with van der Waals surface area (Å²) in [4.78, 5) is 26.9. The van der Waals surface area contributed by atoms with Gasteiger partial charge in [0.05, 0.1) is 0 Å². The summed E-state index contributed by atoms with van der Waals surface area (Å²) in [6, 6.07) is 31.0. The molecule has 1 amide bonds. The smallest absolute Gasteiger partial charge is 0.260 e. The summed E-state index contributed by atoms with van der Waals surface area (Å²) in [5.41, 5.74) is 3.27. The summed E-state index contributed by atoms with van der Waals surface area (Å²) < 4.78 is 6.07. The van der Waals surface area contributed by atoms with Gasteiger partial charge in [-0.3, -0.25) is 4.79 Å². The number of benzene rings is 3. The molecule has 3 heterocycles. The van der Waals surface area contributed by atoms with Gasteiger partial charge in [-0.05, 0) is 42.5 Å². The molecule has 4 aromatic rings. The maximum atomic E-state index is 13.0. The number of hydrogen-bond acceptors (Lipinski definition) is 6. The average Bonchev–Trinajstić information content (AvgIpc) is 3.00. The molecule has 0 saturated carbocycles. The number of ether oxygens (including phenoxy) is 1. The number of fused-ring (bicyclic) bond motifs is 1. The van der Waals surface area contributed by atoms with Crippen molar-refractivity contribution in [3.05, 3.63) is 91.0 Å². The monoisotopic (exact) mass is 507 g/mol. The van der Waals surface area contributed by atoms with Crippen LogP contribution in [-0.2, 0) is 4.79 Å². The minimum Gasteiger partial charge on any atom is -0.481 e. The van der Waals surface area contributed by atoms with E-state index in [1.54, 1.807) is 0 Å². The molecule has 0 unspecified atom stereocenters. The number of rotatable bonds is 6. The summed E-state index contributed by atoms with van der Waals surface area (Å²) in [6.45, 7) is 6.79. The first kappa shape index (κ1) is 24.1. The standard InChI is InChI=1S/C31H33N5O2/c37-30(36-22-18-34(19-23-36)27-11-5-2-6-12-27)24-38-28-13-7-8-25-14-15-29(32-31(25)28)35-20-16-33(17-21-35)26-9-3-1-4-10-26/h1-15H,16-24H2. The van der Waals surface area contributed by atoms with Gasteiger partial charge in [-0.2, -0.15) is 0 Å². The molecule has 2 saturated heterocycles. The molecule has 7 nitrogen and oxygen atoms in total. The number of amides is 1. The van der Waals surface area contributed by atoms with Crippen LogP contribution in [0.25, 0.3) is 10.9 Å². The van der Waals surface area contributed by atoms with Crippen LogP contribution < -0.4 is 19.4 Å². The zero-order valence-electron chi connectivity index (χ0n) is 21.6. The van der Waals surface area contributed by atoms with Gasteiger partial charge in [0.25, 0.3) is 5.91 Å². The predicted molar refractivity (Wildman–Crippen MR) is 153 cm³/mol. The fourth-order valence-corrected chi connectivity index (χ4v) is 5.32. The van der Waals surface area contributed by atoms with Crippen LogP contribution in [0.1, 0.15) is 0 Å². The van der Waals surface area contributed by atoms with E-state index >= 15 is 0 Å². The van der Waals surface area contributed by atoms with Crippen LogP contribution >= 0.6 is 0 Å². The minimum absolute atomic E-state index is 0.0166. The summed E-state index contributed by atoms with van der Waals surface area (Å²) in [7, 11) is 0. The molecule has 194 valence electrons. The summed E-state index contributed by atoms with van der Waals surface area (Å²) in [6.07, 6.45) is 0. The number of piperazine rings is 2. The predicted octanol–water partition coefficient (Wildman–Crippen LogP) is 4.29. The Hall–Kier alpha value is -4.26. The Labute approximate surface area is 223 Å². The molecule has 38 heavy (non-hydrogen) atoms. The van der Waals surface area contributed by atoms with Crippen molar-refractivity contribution in [3.63, 3.8) is 0 Å². The highest BCUT2D eigenvalue weighted by Gasteiger charge is 2.22. The normalized spacial score (nSPS) is 16.1. The Morgan fingerprint density at radius 2 is 1.21 bits per heavy atom. The van der Waals surface area contributed by atoms with Crippen molar-refractivity contribution in [3.8, 4) is 5.75 Å². The molecule has 3 aromatic carbocycles. The number of nitrogens with zero attached hydrogens (tertiary/aromatic N) is 5. The van der Waals surface area contributed by atoms with E-state index in [-0.39, 0.29) is 12.5 Å². The fourth-order valence-electron chi connectivity index (χ4n) is 5.32. The first-order valence-corrected chi connectivity index (χ1v) is 13.4. The summed E-state index contributed by atoms with van der Waals surface area (Å²) in [5.74, 6) is 1.62. The van der Waals surface area contributed by atoms with Crippen molar-refractivity contribution in [2.45, 2.75) is 0 Å². The van der Waals surface area contributed by atoms with Gasteiger partial charge in [0, 0.05) is 69.1 Å². The molecule has 0 atom stereocenters. The van der Waals surface area contributed by atoms with E-state index in [0.717, 1.165) is 56.0 Å². The highest BCUT2D eigenvalue weighted by molar-refractivity contribution is 5.86. The molecule has 0 radical (unpaired) electrons. The lowest BCUT2D eigenvalue weighted by atomic mass is 10.2. The number of carbonyl (C=O) groups is 1. The zero-order chi connectivity index (χ0) is 25.7. The number of anilines is 3. The van der Waals surface area contributed by atoms with Gasteiger partial charge in [-0.15, -0.1) is 0 Å². The highest BCUT2D eigenvalue weighted by Crippen LogP contribution is 2.28. The topological polar surface area (TPSA) is 52.2 Å². The van der Waals surface area contributed by atoms with Crippen molar-refractivity contribution in [1.29, 1.82) is 0 Å². The van der Waals surface area contributed by atoms with E-state index in [1.165, 1.54) is 11.4 Å². The minimum atomic E-state index is 0.0166. The maximum absolute atomic E-state index is 13.0. The van der Waals surface area contributed by atoms with Crippen LogP contribution in [0.4, 0.5) is 17.2 Å². The summed E-state index contributed by atoms with van der Waals surface area (Å²) in [5, 5.41) is 1.01. The number of hydrogen-bond donors (Lipinski definition) is 0. The number of para-hydroxylation sites is 3. The fraction of sp³-hybridized carbons (Fsp3) is 0.290. The Morgan fingerprint density at radius 1 is 0.632 bits per heavy atom. The van der Waals surface area contributed by atoms with Gasteiger partial charge in [-0.25, -0.2) is 4.98 Å². The van der Waals surface area contributed by atoms with Crippen molar-refractivity contribution >= 4 is 34.0 Å². The second kappa shape index (κ2) is 11.0. The first-order chi connectivity index (χ1) is 18.7. The molecule has 7 heteroatoms. The Balaban J connectivity index is 1.08. The van der Waals surface area contributed by atoms with Crippen LogP contribution in [0.15, 0.2) is 91.0 Å². The third-order valence-corrected chi connectivity index (χ3v) is 7.50. The molecule has 6 rings (SSSR count). The summed E-state index contributed by atoms with van der Waals surface area (Å²) >= 11 is 0. The van der Waals surface area contributed by atoms with E-state index in [1.807, 2.05) is 29.2 Å². The Morgan fingerprint density at radius 3 is 1.84 bits per heavy atom. The maximum Gasteiger partial charge on any atom is 0.260 e. The third kappa shape index (κ3) is 5.23. The second-order valence-electron chi connectivity index (χ2n) is 9.80. The van der Waals surface area contributed by atoms with E-state index in [0.29, 0.717) is 18.8 Å². The molecule has 0 spiro atoms. The SMILES string of the molecule is O=C(COc1cccc2ccc(N3CCN(c4ccccc4)CC3)nc12)N1CCN(c2ccccc2)CC1. The van der Waals surface area contributed by atoms with E-state index in [2.05, 4.69) is 81.4 Å². The van der Waals surface area contributed by atoms with Crippen molar-refractivity contribution < 1.29 is 9.53 Å². The quantitative estimate of drug-likeness (QED) is 0.388. The Kier molecular flexibility index (Phi) is 6.98. The van der Waals surface area contributed by atoms with Crippen LogP contribution in [-0.4, -0.2) is 74.8 Å². The van der Waals surface area contributed by atoms with E-state index in [9.17, 15) is 4.79 Å². The van der Waals surface area contributed by atoms with Gasteiger partial charge in [-0.1, -0.05) is 48.5 Å². The van der Waals surface area contributed by atoms with Crippen LogP contribution in [0, 0.1) is 0 Å². The molecular formula is C31H33N5O2.